The van der Waals surface area contributed by atoms with Gasteiger partial charge in [0.25, 0.3) is 0 Å². The van der Waals surface area contributed by atoms with Crippen LogP contribution in [0.4, 0.5) is 8.78 Å². The Morgan fingerprint density at radius 2 is 2.00 bits per heavy atom. The van der Waals surface area contributed by atoms with Crippen molar-refractivity contribution >= 4 is 10.0 Å². The first kappa shape index (κ1) is 15.0. The average molecular weight is 279 g/mol. The molecule has 1 aromatic carbocycles. The van der Waals surface area contributed by atoms with Crippen molar-refractivity contribution in [3.8, 4) is 0 Å². The van der Waals surface area contributed by atoms with Gasteiger partial charge in [0.15, 0.2) is 11.6 Å². The van der Waals surface area contributed by atoms with Crippen LogP contribution >= 0.6 is 0 Å². The number of sulfonamides is 1. The smallest absolute Gasteiger partial charge is 0.240 e. The summed E-state index contributed by atoms with van der Waals surface area (Å²) >= 11 is 0. The topological polar surface area (TPSA) is 66.4 Å². The Hall–Kier alpha value is -1.05. The molecule has 0 radical (unpaired) electrons. The molecule has 2 N–H and O–H groups in total. The summed E-state index contributed by atoms with van der Waals surface area (Å²) in [4.78, 5) is -0.335. The van der Waals surface area contributed by atoms with Crippen molar-refractivity contribution in [2.45, 2.75) is 30.7 Å². The number of benzene rings is 1. The van der Waals surface area contributed by atoms with Crippen LogP contribution in [0, 0.1) is 11.6 Å². The van der Waals surface area contributed by atoms with Gasteiger partial charge in [-0.05, 0) is 31.0 Å². The molecule has 0 fully saturated rings. The summed E-state index contributed by atoms with van der Waals surface area (Å²) in [5, 5.41) is 8.77. The van der Waals surface area contributed by atoms with Crippen molar-refractivity contribution < 1.29 is 22.3 Å². The van der Waals surface area contributed by atoms with Gasteiger partial charge < -0.3 is 5.11 Å². The van der Waals surface area contributed by atoms with Crippen LogP contribution < -0.4 is 4.72 Å². The number of aliphatic hydroxyl groups excluding tert-OH is 1. The fourth-order valence-electron chi connectivity index (χ4n) is 1.43. The third-order valence-corrected chi connectivity index (χ3v) is 4.01. The lowest BCUT2D eigenvalue weighted by Gasteiger charge is -2.15. The van der Waals surface area contributed by atoms with Gasteiger partial charge in [0.05, 0.1) is 4.90 Å². The SMILES string of the molecule is CCC(CCO)NS(=O)(=O)c1ccc(F)c(F)c1. The van der Waals surface area contributed by atoms with E-state index in [-0.39, 0.29) is 17.9 Å². The highest BCUT2D eigenvalue weighted by Gasteiger charge is 2.20. The lowest BCUT2D eigenvalue weighted by molar-refractivity contribution is 0.270. The molecule has 0 saturated carbocycles. The lowest BCUT2D eigenvalue weighted by Crippen LogP contribution is -2.35. The zero-order valence-corrected chi connectivity index (χ0v) is 10.7. The number of nitrogens with one attached hydrogen (secondary N) is 1. The monoisotopic (exact) mass is 279 g/mol. The first-order valence-electron chi connectivity index (χ1n) is 5.49. The van der Waals surface area contributed by atoms with Crippen LogP contribution in [-0.2, 0) is 10.0 Å². The second-order valence-corrected chi connectivity index (χ2v) is 5.53. The fourth-order valence-corrected chi connectivity index (χ4v) is 2.80. The second-order valence-electron chi connectivity index (χ2n) is 3.81. The summed E-state index contributed by atoms with van der Waals surface area (Å²) in [6.45, 7) is 1.60. The van der Waals surface area contributed by atoms with E-state index in [0.29, 0.717) is 12.5 Å². The van der Waals surface area contributed by atoms with Gasteiger partial charge in [0.1, 0.15) is 0 Å². The summed E-state index contributed by atoms with van der Waals surface area (Å²) < 4.78 is 51.7. The Labute approximate surface area is 105 Å². The third-order valence-electron chi connectivity index (χ3n) is 2.49. The van der Waals surface area contributed by atoms with Gasteiger partial charge >= 0.3 is 0 Å². The highest BCUT2D eigenvalue weighted by molar-refractivity contribution is 7.89. The zero-order valence-electron chi connectivity index (χ0n) is 9.86. The molecule has 0 aliphatic carbocycles. The van der Waals surface area contributed by atoms with Crippen molar-refractivity contribution in [2.24, 2.45) is 0 Å². The molecule has 0 amide bonds. The van der Waals surface area contributed by atoms with Crippen molar-refractivity contribution in [2.75, 3.05) is 6.61 Å². The molecule has 1 rings (SSSR count). The molecular formula is C11H15F2NO3S. The highest BCUT2D eigenvalue weighted by atomic mass is 32.2. The summed E-state index contributed by atoms with van der Waals surface area (Å²) in [7, 11) is -3.90. The van der Waals surface area contributed by atoms with Gasteiger partial charge in [0, 0.05) is 12.6 Å². The molecule has 0 spiro atoms. The first-order valence-corrected chi connectivity index (χ1v) is 6.97. The quantitative estimate of drug-likeness (QED) is 0.827. The summed E-state index contributed by atoms with van der Waals surface area (Å²) in [5.41, 5.74) is 0. The van der Waals surface area contributed by atoms with E-state index in [9.17, 15) is 17.2 Å². The Kier molecular flexibility index (Phi) is 5.18. The molecule has 18 heavy (non-hydrogen) atoms. The van der Waals surface area contributed by atoms with Crippen LogP contribution in [0.1, 0.15) is 19.8 Å². The Morgan fingerprint density at radius 1 is 1.33 bits per heavy atom. The molecule has 1 aromatic rings. The highest BCUT2D eigenvalue weighted by Crippen LogP contribution is 2.14. The molecule has 0 saturated heterocycles. The van der Waals surface area contributed by atoms with E-state index >= 15 is 0 Å². The first-order chi connectivity index (χ1) is 8.40. The van der Waals surface area contributed by atoms with Gasteiger partial charge in [-0.2, -0.15) is 0 Å². The largest absolute Gasteiger partial charge is 0.396 e. The predicted molar refractivity (Wildman–Crippen MR) is 62.5 cm³/mol. The molecule has 0 bridgehead atoms. The molecule has 7 heteroatoms. The minimum Gasteiger partial charge on any atom is -0.396 e. The summed E-state index contributed by atoms with van der Waals surface area (Å²) in [6, 6.07) is 1.94. The molecule has 1 unspecified atom stereocenters. The van der Waals surface area contributed by atoms with E-state index in [4.69, 9.17) is 5.11 Å². The normalized spacial score (nSPS) is 13.6. The van der Waals surface area contributed by atoms with Gasteiger partial charge in [-0.15, -0.1) is 0 Å². The number of hydrogen-bond donors (Lipinski definition) is 2. The average Bonchev–Trinajstić information content (AvgIpc) is 2.31. The van der Waals surface area contributed by atoms with E-state index in [1.165, 1.54) is 0 Å². The standard InChI is InChI=1S/C11H15F2NO3S/c1-2-8(5-6-15)14-18(16,17)9-3-4-10(12)11(13)7-9/h3-4,7-8,14-15H,2,5-6H2,1H3. The van der Waals surface area contributed by atoms with Crippen LogP contribution in [-0.4, -0.2) is 26.2 Å². The number of aliphatic hydroxyl groups is 1. The Morgan fingerprint density at radius 3 is 2.50 bits per heavy atom. The van der Waals surface area contributed by atoms with Crippen LogP contribution in [0.25, 0.3) is 0 Å². The molecule has 0 aromatic heterocycles. The maximum absolute atomic E-state index is 13.0. The fraction of sp³-hybridized carbons (Fsp3) is 0.455. The van der Waals surface area contributed by atoms with Crippen molar-refractivity contribution in [1.82, 2.24) is 4.72 Å². The Bertz CT molecular complexity index is 505. The maximum atomic E-state index is 13.0. The molecule has 102 valence electrons. The minimum atomic E-state index is -3.90. The van der Waals surface area contributed by atoms with Gasteiger partial charge in [0.2, 0.25) is 10.0 Å². The van der Waals surface area contributed by atoms with Crippen LogP contribution in [0.15, 0.2) is 23.1 Å². The molecular weight excluding hydrogens is 264 g/mol. The zero-order chi connectivity index (χ0) is 13.8. The van der Waals surface area contributed by atoms with E-state index < -0.39 is 27.7 Å². The van der Waals surface area contributed by atoms with E-state index in [1.54, 1.807) is 6.92 Å². The number of halogens is 2. The van der Waals surface area contributed by atoms with Gasteiger partial charge in [-0.3, -0.25) is 0 Å². The van der Waals surface area contributed by atoms with E-state index in [2.05, 4.69) is 4.72 Å². The Balaban J connectivity index is 2.95. The molecule has 0 aliphatic rings. The number of hydrogen-bond acceptors (Lipinski definition) is 3. The maximum Gasteiger partial charge on any atom is 0.240 e. The van der Waals surface area contributed by atoms with Crippen molar-refractivity contribution in [3.63, 3.8) is 0 Å². The summed E-state index contributed by atoms with van der Waals surface area (Å²) in [6.07, 6.45) is 0.753. The van der Waals surface area contributed by atoms with E-state index in [1.807, 2.05) is 0 Å². The molecule has 0 heterocycles. The van der Waals surface area contributed by atoms with Crippen LogP contribution in [0.2, 0.25) is 0 Å². The molecule has 1 atom stereocenters. The van der Waals surface area contributed by atoms with Gasteiger partial charge in [-0.25, -0.2) is 21.9 Å². The summed E-state index contributed by atoms with van der Waals surface area (Å²) in [5.74, 6) is -2.32. The van der Waals surface area contributed by atoms with E-state index in [0.717, 1.165) is 12.1 Å². The van der Waals surface area contributed by atoms with Crippen molar-refractivity contribution in [1.29, 1.82) is 0 Å². The van der Waals surface area contributed by atoms with Crippen LogP contribution in [0.5, 0.6) is 0 Å². The second kappa shape index (κ2) is 6.21. The van der Waals surface area contributed by atoms with Crippen molar-refractivity contribution in [3.05, 3.63) is 29.8 Å². The third kappa shape index (κ3) is 3.72. The molecule has 0 aliphatic heterocycles. The lowest BCUT2D eigenvalue weighted by atomic mass is 10.2. The van der Waals surface area contributed by atoms with Crippen LogP contribution in [0.3, 0.4) is 0 Å². The minimum absolute atomic E-state index is 0.154. The number of rotatable bonds is 6. The predicted octanol–water partition coefficient (Wildman–Crippen LogP) is 1.40. The van der Waals surface area contributed by atoms with Gasteiger partial charge in [-0.1, -0.05) is 6.92 Å². The molecule has 4 nitrogen and oxygen atoms in total.